The van der Waals surface area contributed by atoms with Crippen LogP contribution in [0.15, 0.2) is 24.3 Å². The second-order valence-corrected chi connectivity index (χ2v) is 7.86. The van der Waals surface area contributed by atoms with E-state index in [0.29, 0.717) is 23.5 Å². The first-order chi connectivity index (χ1) is 13.7. The Kier molecular flexibility index (Phi) is 6.28. The Morgan fingerprint density at radius 1 is 1.24 bits per heavy atom. The van der Waals surface area contributed by atoms with Gasteiger partial charge in [0.15, 0.2) is 0 Å². The summed E-state index contributed by atoms with van der Waals surface area (Å²) in [5, 5.41) is 3.05. The molecule has 0 aliphatic carbocycles. The summed E-state index contributed by atoms with van der Waals surface area (Å²) in [4.78, 5) is 28.2. The molecule has 29 heavy (non-hydrogen) atoms. The fourth-order valence-electron chi connectivity index (χ4n) is 3.36. The molecule has 0 saturated carbocycles. The topological polar surface area (TPSA) is 58.6 Å². The Morgan fingerprint density at radius 2 is 1.93 bits per heavy atom. The van der Waals surface area contributed by atoms with E-state index >= 15 is 0 Å². The summed E-state index contributed by atoms with van der Waals surface area (Å²) in [7, 11) is 1.28. The van der Waals surface area contributed by atoms with Gasteiger partial charge in [0.25, 0.3) is 5.91 Å². The Bertz CT molecular complexity index is 907. The predicted molar refractivity (Wildman–Crippen MR) is 104 cm³/mol. The first kappa shape index (κ1) is 21.3. The monoisotopic (exact) mass is 426 g/mol. The number of halogens is 3. The van der Waals surface area contributed by atoms with Crippen LogP contribution in [0.5, 0.6) is 0 Å². The minimum absolute atomic E-state index is 0.0767. The van der Waals surface area contributed by atoms with Gasteiger partial charge in [-0.15, -0.1) is 11.3 Å². The maximum Gasteiger partial charge on any atom is 0.416 e. The molecule has 1 aromatic heterocycles. The van der Waals surface area contributed by atoms with Crippen molar-refractivity contribution < 1.29 is 27.5 Å². The summed E-state index contributed by atoms with van der Waals surface area (Å²) >= 11 is 1.31. The molecule has 0 radical (unpaired) electrons. The molecule has 1 aliphatic rings. The third kappa shape index (κ3) is 4.62. The zero-order valence-corrected chi connectivity index (χ0v) is 16.9. The first-order valence-corrected chi connectivity index (χ1v) is 10.00. The standard InChI is InChI=1S/C20H21F3N2O3S/c1-3-9-25-10-8-14-15(11-25)29-18(16(14)19(27)28-2)24-17(26)12-4-6-13(7-5-12)20(21,22)23/h4-7H,3,8-11H2,1-2H3,(H,24,26). The number of nitrogens with one attached hydrogen (secondary N) is 1. The van der Waals surface area contributed by atoms with Crippen LogP contribution < -0.4 is 5.32 Å². The smallest absolute Gasteiger partial charge is 0.416 e. The van der Waals surface area contributed by atoms with Gasteiger partial charge in [-0.25, -0.2) is 4.79 Å². The Morgan fingerprint density at radius 3 is 2.52 bits per heavy atom. The molecule has 1 aromatic carbocycles. The highest BCUT2D eigenvalue weighted by Crippen LogP contribution is 2.38. The lowest BCUT2D eigenvalue weighted by Gasteiger charge is -2.26. The second-order valence-electron chi connectivity index (χ2n) is 6.75. The lowest BCUT2D eigenvalue weighted by atomic mass is 10.0. The Hall–Kier alpha value is -2.39. The number of thiophene rings is 1. The number of ether oxygens (including phenoxy) is 1. The number of esters is 1. The number of hydrogen-bond acceptors (Lipinski definition) is 5. The van der Waals surface area contributed by atoms with Crippen molar-refractivity contribution in [2.45, 2.75) is 32.5 Å². The van der Waals surface area contributed by atoms with Crippen molar-refractivity contribution in [1.82, 2.24) is 4.90 Å². The van der Waals surface area contributed by atoms with E-state index < -0.39 is 23.6 Å². The molecule has 1 aliphatic heterocycles. The maximum atomic E-state index is 12.7. The molecule has 156 valence electrons. The second kappa shape index (κ2) is 8.54. The first-order valence-electron chi connectivity index (χ1n) is 9.18. The normalized spacial score (nSPS) is 14.4. The number of carbonyl (C=O) groups is 2. The molecule has 5 nitrogen and oxygen atoms in total. The van der Waals surface area contributed by atoms with Crippen molar-refractivity contribution >= 4 is 28.2 Å². The number of amides is 1. The fourth-order valence-corrected chi connectivity index (χ4v) is 4.63. The van der Waals surface area contributed by atoms with Gasteiger partial charge in [0.05, 0.1) is 18.2 Å². The van der Waals surface area contributed by atoms with Crippen molar-refractivity contribution in [2.24, 2.45) is 0 Å². The number of benzene rings is 1. The predicted octanol–water partition coefficient (Wildman–Crippen LogP) is 4.57. The van der Waals surface area contributed by atoms with E-state index in [9.17, 15) is 22.8 Å². The SMILES string of the molecule is CCCN1CCc2c(sc(NC(=O)c3ccc(C(F)(F)F)cc3)c2C(=O)OC)C1. The van der Waals surface area contributed by atoms with Gasteiger partial charge in [0.2, 0.25) is 0 Å². The third-order valence-corrected chi connectivity index (χ3v) is 5.90. The molecule has 1 amide bonds. The Labute approximate surface area is 170 Å². The van der Waals surface area contributed by atoms with E-state index in [2.05, 4.69) is 17.1 Å². The van der Waals surface area contributed by atoms with Crippen molar-refractivity contribution in [2.75, 3.05) is 25.5 Å². The van der Waals surface area contributed by atoms with Gasteiger partial charge in [-0.2, -0.15) is 13.2 Å². The van der Waals surface area contributed by atoms with Crippen LogP contribution in [0.3, 0.4) is 0 Å². The van der Waals surface area contributed by atoms with Gasteiger partial charge < -0.3 is 10.1 Å². The molecule has 0 unspecified atom stereocenters. The highest BCUT2D eigenvalue weighted by Gasteiger charge is 2.31. The zero-order chi connectivity index (χ0) is 21.2. The number of rotatable bonds is 5. The maximum absolute atomic E-state index is 12.7. The van der Waals surface area contributed by atoms with Crippen LogP contribution >= 0.6 is 11.3 Å². The van der Waals surface area contributed by atoms with Crippen LogP contribution in [0.4, 0.5) is 18.2 Å². The molecule has 0 bridgehead atoms. The van der Waals surface area contributed by atoms with Crippen molar-refractivity contribution in [3.8, 4) is 0 Å². The molecule has 9 heteroatoms. The summed E-state index contributed by atoms with van der Waals surface area (Å²) in [5.41, 5.74) is 0.459. The molecule has 0 fully saturated rings. The lowest BCUT2D eigenvalue weighted by molar-refractivity contribution is -0.137. The average Bonchev–Trinajstić information content (AvgIpc) is 3.04. The highest BCUT2D eigenvalue weighted by molar-refractivity contribution is 7.17. The number of carbonyl (C=O) groups excluding carboxylic acids is 2. The van der Waals surface area contributed by atoms with Crippen molar-refractivity contribution in [3.05, 3.63) is 51.4 Å². The van der Waals surface area contributed by atoms with Crippen molar-refractivity contribution in [1.29, 1.82) is 0 Å². The van der Waals surface area contributed by atoms with Crippen LogP contribution in [0.1, 0.15) is 50.1 Å². The largest absolute Gasteiger partial charge is 0.465 e. The van der Waals surface area contributed by atoms with E-state index in [-0.39, 0.29) is 5.56 Å². The van der Waals surface area contributed by atoms with E-state index in [1.54, 1.807) is 0 Å². The molecule has 0 spiro atoms. The summed E-state index contributed by atoms with van der Waals surface area (Å²) in [6, 6.07) is 3.95. The van der Waals surface area contributed by atoms with E-state index in [1.807, 2.05) is 0 Å². The summed E-state index contributed by atoms with van der Waals surface area (Å²) in [5.74, 6) is -1.11. The number of anilines is 1. The number of fused-ring (bicyclic) bond motifs is 1. The average molecular weight is 426 g/mol. The number of methoxy groups -OCH3 is 1. The number of nitrogens with zero attached hydrogens (tertiary/aromatic N) is 1. The van der Waals surface area contributed by atoms with Crippen molar-refractivity contribution in [3.63, 3.8) is 0 Å². The molecule has 0 atom stereocenters. The van der Waals surface area contributed by atoms with Gasteiger partial charge in [-0.3, -0.25) is 9.69 Å². The third-order valence-electron chi connectivity index (χ3n) is 4.77. The number of hydrogen-bond donors (Lipinski definition) is 1. The van der Waals surface area contributed by atoms with E-state index in [0.717, 1.165) is 54.2 Å². The van der Waals surface area contributed by atoms with E-state index in [4.69, 9.17) is 4.74 Å². The minimum atomic E-state index is -4.47. The van der Waals surface area contributed by atoms with Gasteiger partial charge in [-0.05, 0) is 49.2 Å². The molecule has 3 rings (SSSR count). The van der Waals surface area contributed by atoms with Crippen LogP contribution in [0.25, 0.3) is 0 Å². The molecular formula is C20H21F3N2O3S. The number of alkyl halides is 3. The summed E-state index contributed by atoms with van der Waals surface area (Å²) in [6.07, 6.45) is -2.78. The van der Waals surface area contributed by atoms with Crippen LogP contribution in [0.2, 0.25) is 0 Å². The van der Waals surface area contributed by atoms with Gasteiger partial charge in [0.1, 0.15) is 5.00 Å². The molecular weight excluding hydrogens is 405 g/mol. The summed E-state index contributed by atoms with van der Waals surface area (Å²) in [6.45, 7) is 4.54. The zero-order valence-electron chi connectivity index (χ0n) is 16.1. The molecule has 1 N–H and O–H groups in total. The van der Waals surface area contributed by atoms with Crippen LogP contribution in [-0.4, -0.2) is 37.0 Å². The molecule has 2 heterocycles. The molecule has 2 aromatic rings. The van der Waals surface area contributed by atoms with Crippen LogP contribution in [-0.2, 0) is 23.9 Å². The Balaban J connectivity index is 1.86. The van der Waals surface area contributed by atoms with Gasteiger partial charge in [0, 0.05) is 23.5 Å². The van der Waals surface area contributed by atoms with E-state index in [1.165, 1.54) is 18.4 Å². The van der Waals surface area contributed by atoms with Gasteiger partial charge in [-0.1, -0.05) is 6.92 Å². The highest BCUT2D eigenvalue weighted by atomic mass is 32.1. The van der Waals surface area contributed by atoms with Crippen LogP contribution in [0, 0.1) is 0 Å². The summed E-state index contributed by atoms with van der Waals surface area (Å²) < 4.78 is 43.0. The molecule has 0 saturated heterocycles. The lowest BCUT2D eigenvalue weighted by Crippen LogP contribution is -2.30. The minimum Gasteiger partial charge on any atom is -0.465 e. The van der Waals surface area contributed by atoms with Gasteiger partial charge >= 0.3 is 12.1 Å². The quantitative estimate of drug-likeness (QED) is 0.712. The fraction of sp³-hybridized carbons (Fsp3) is 0.400.